The van der Waals surface area contributed by atoms with E-state index in [4.69, 9.17) is 6.42 Å². The van der Waals surface area contributed by atoms with Crippen molar-refractivity contribution in [2.45, 2.75) is 32.7 Å². The van der Waals surface area contributed by atoms with E-state index >= 15 is 0 Å². The smallest absolute Gasteiger partial charge is 0.205 e. The van der Waals surface area contributed by atoms with E-state index in [1.807, 2.05) is 22.9 Å². The minimum atomic E-state index is 0.582. The summed E-state index contributed by atoms with van der Waals surface area (Å²) in [7, 11) is 0. The van der Waals surface area contributed by atoms with Crippen LogP contribution in [0.1, 0.15) is 30.6 Å². The normalized spacial score (nSPS) is 10.8. The Morgan fingerprint density at radius 2 is 1.86 bits per heavy atom. The molecule has 7 heteroatoms. The van der Waals surface area contributed by atoms with Gasteiger partial charge >= 0.3 is 0 Å². The second kappa shape index (κ2) is 8.48. The number of aromatic amines is 1. The number of tetrazole rings is 1. The molecule has 0 radical (unpaired) electrons. The quantitative estimate of drug-likeness (QED) is 0.495. The highest BCUT2D eigenvalue weighted by atomic mass is 15.5. The highest BCUT2D eigenvalue weighted by Gasteiger charge is 2.12. The Hall–Kier alpha value is -3.79. The summed E-state index contributed by atoms with van der Waals surface area (Å²) < 4.78 is 1.93. The average Bonchev–Trinajstić information content (AvgIpc) is 3.43. The molecule has 1 N–H and O–H groups in total. The highest BCUT2D eigenvalue weighted by Crippen LogP contribution is 2.29. The molecular weight excluding hydrogens is 362 g/mol. The van der Waals surface area contributed by atoms with Gasteiger partial charge in [0.05, 0.1) is 6.54 Å². The van der Waals surface area contributed by atoms with Gasteiger partial charge in [-0.3, -0.25) is 0 Å². The van der Waals surface area contributed by atoms with Crippen LogP contribution >= 0.6 is 0 Å². The third-order valence-corrected chi connectivity index (χ3v) is 4.72. The summed E-state index contributed by atoms with van der Waals surface area (Å²) in [4.78, 5) is 4.66. The lowest BCUT2D eigenvalue weighted by Crippen LogP contribution is -2.06. The molecule has 0 aliphatic rings. The molecule has 29 heavy (non-hydrogen) atoms. The van der Waals surface area contributed by atoms with Gasteiger partial charge in [0.2, 0.25) is 5.82 Å². The third-order valence-electron chi connectivity index (χ3n) is 4.72. The van der Waals surface area contributed by atoms with Crippen LogP contribution in [0.15, 0.2) is 48.5 Å². The van der Waals surface area contributed by atoms with Crippen molar-refractivity contribution in [3.63, 3.8) is 0 Å². The van der Waals surface area contributed by atoms with Crippen molar-refractivity contribution >= 4 is 0 Å². The third kappa shape index (κ3) is 4.06. The first-order valence-electron chi connectivity index (χ1n) is 9.56. The summed E-state index contributed by atoms with van der Waals surface area (Å²) in [5.41, 5.74) is 4.27. The zero-order valence-electron chi connectivity index (χ0n) is 16.2. The van der Waals surface area contributed by atoms with Crippen molar-refractivity contribution in [1.29, 1.82) is 0 Å². The van der Waals surface area contributed by atoms with Crippen molar-refractivity contribution in [1.82, 2.24) is 35.4 Å². The first-order valence-corrected chi connectivity index (χ1v) is 9.56. The predicted octanol–water partition coefficient (Wildman–Crippen LogP) is 3.30. The van der Waals surface area contributed by atoms with Gasteiger partial charge in [-0.1, -0.05) is 55.5 Å². The molecule has 7 nitrogen and oxygen atoms in total. The van der Waals surface area contributed by atoms with E-state index < -0.39 is 0 Å². The second-order valence-electron chi connectivity index (χ2n) is 6.63. The van der Waals surface area contributed by atoms with Crippen LogP contribution in [0.4, 0.5) is 0 Å². The van der Waals surface area contributed by atoms with Crippen LogP contribution in [-0.2, 0) is 19.4 Å². The number of nitrogens with zero attached hydrogens (tertiary/aromatic N) is 6. The van der Waals surface area contributed by atoms with Gasteiger partial charge in [0.15, 0.2) is 5.82 Å². The average molecular weight is 383 g/mol. The molecule has 0 amide bonds. The zero-order valence-corrected chi connectivity index (χ0v) is 16.2. The Kier molecular flexibility index (Phi) is 5.43. The number of benzene rings is 2. The molecule has 4 aromatic rings. The number of terminal acetylenes is 1. The summed E-state index contributed by atoms with van der Waals surface area (Å²) in [6.07, 6.45) is 7.58. The molecule has 0 saturated carbocycles. The topological polar surface area (TPSA) is 85.2 Å². The van der Waals surface area contributed by atoms with Gasteiger partial charge in [0.1, 0.15) is 5.82 Å². The maximum atomic E-state index is 5.41. The van der Waals surface area contributed by atoms with Crippen LogP contribution in [0.5, 0.6) is 0 Å². The molecule has 0 fully saturated rings. The Balaban J connectivity index is 1.59. The number of aryl methyl sites for hydroxylation is 2. The van der Waals surface area contributed by atoms with E-state index in [0.29, 0.717) is 25.2 Å². The van der Waals surface area contributed by atoms with E-state index in [9.17, 15) is 0 Å². The fraction of sp³-hybridized carbons (Fsp3) is 0.227. The molecule has 0 saturated heterocycles. The van der Waals surface area contributed by atoms with E-state index in [2.05, 4.69) is 73.9 Å². The molecule has 0 aliphatic carbocycles. The molecule has 144 valence electrons. The van der Waals surface area contributed by atoms with Gasteiger partial charge in [-0.2, -0.15) is 10.3 Å². The summed E-state index contributed by atoms with van der Waals surface area (Å²) in [6.45, 7) is 2.75. The second-order valence-corrected chi connectivity index (χ2v) is 6.63. The van der Waals surface area contributed by atoms with Gasteiger partial charge < -0.3 is 0 Å². The highest BCUT2D eigenvalue weighted by molar-refractivity contribution is 5.80. The lowest BCUT2D eigenvalue weighted by atomic mass is 9.98. The maximum absolute atomic E-state index is 5.41. The SMILES string of the molecule is C#CCCn1nc(CC)nc1Cc1ccc(-c2ccccc2-c2nn[nH]n2)cc1. The zero-order chi connectivity index (χ0) is 20.1. The summed E-state index contributed by atoms with van der Waals surface area (Å²) >= 11 is 0. The standard InChI is InChI=1S/C22H21N7/c1-3-5-14-29-21(23-20(4-2)26-29)15-16-10-12-17(13-11-16)18-8-6-7-9-19(18)22-24-27-28-25-22/h1,6-13H,4-5,14-15H2,2H3,(H,24,25,27,28). The van der Waals surface area contributed by atoms with Crippen molar-refractivity contribution in [2.75, 3.05) is 0 Å². The molecule has 2 heterocycles. The van der Waals surface area contributed by atoms with E-state index in [-0.39, 0.29) is 0 Å². The molecule has 4 rings (SSSR count). The first-order chi connectivity index (χ1) is 14.3. The molecule has 0 bridgehead atoms. The number of hydrogen-bond acceptors (Lipinski definition) is 5. The molecule has 2 aromatic carbocycles. The van der Waals surface area contributed by atoms with Gasteiger partial charge in [0.25, 0.3) is 0 Å². The Morgan fingerprint density at radius 3 is 2.55 bits per heavy atom. The number of hydrogen-bond donors (Lipinski definition) is 1. The molecule has 0 spiro atoms. The van der Waals surface area contributed by atoms with Gasteiger partial charge in [-0.15, -0.1) is 22.5 Å². The number of H-pyrrole nitrogens is 1. The van der Waals surface area contributed by atoms with Crippen LogP contribution < -0.4 is 0 Å². The minimum Gasteiger partial charge on any atom is -0.249 e. The van der Waals surface area contributed by atoms with Crippen LogP contribution in [0.25, 0.3) is 22.5 Å². The summed E-state index contributed by atoms with van der Waals surface area (Å²) in [5, 5.41) is 19.0. The Morgan fingerprint density at radius 1 is 1.07 bits per heavy atom. The van der Waals surface area contributed by atoms with Crippen molar-refractivity contribution in [3.05, 3.63) is 65.7 Å². The lowest BCUT2D eigenvalue weighted by molar-refractivity contribution is 0.594. The van der Waals surface area contributed by atoms with E-state index in [1.54, 1.807) is 0 Å². The van der Waals surface area contributed by atoms with Crippen LogP contribution in [0.2, 0.25) is 0 Å². The fourth-order valence-electron chi connectivity index (χ4n) is 3.25. The Bertz CT molecular complexity index is 1120. The summed E-state index contributed by atoms with van der Waals surface area (Å²) in [6, 6.07) is 16.5. The molecular formula is C22H21N7. The van der Waals surface area contributed by atoms with Crippen molar-refractivity contribution in [2.24, 2.45) is 0 Å². The van der Waals surface area contributed by atoms with Gasteiger partial charge in [0, 0.05) is 24.8 Å². The first kappa shape index (κ1) is 18.6. The van der Waals surface area contributed by atoms with Gasteiger partial charge in [-0.05, 0) is 21.9 Å². The van der Waals surface area contributed by atoms with Crippen LogP contribution in [0.3, 0.4) is 0 Å². The molecule has 0 atom stereocenters. The van der Waals surface area contributed by atoms with Crippen LogP contribution in [0, 0.1) is 12.3 Å². The molecule has 0 unspecified atom stereocenters. The number of aromatic nitrogens is 7. The lowest BCUT2D eigenvalue weighted by Gasteiger charge is -2.08. The van der Waals surface area contributed by atoms with E-state index in [1.165, 1.54) is 5.56 Å². The fourth-order valence-corrected chi connectivity index (χ4v) is 3.25. The molecule has 0 aliphatic heterocycles. The van der Waals surface area contributed by atoms with Crippen molar-refractivity contribution in [3.8, 4) is 34.9 Å². The Labute approximate surface area is 169 Å². The monoisotopic (exact) mass is 383 g/mol. The number of nitrogens with one attached hydrogen (secondary N) is 1. The minimum absolute atomic E-state index is 0.582. The van der Waals surface area contributed by atoms with Crippen LogP contribution in [-0.4, -0.2) is 35.4 Å². The largest absolute Gasteiger partial charge is 0.249 e. The van der Waals surface area contributed by atoms with Crippen molar-refractivity contribution < 1.29 is 0 Å². The van der Waals surface area contributed by atoms with E-state index in [0.717, 1.165) is 34.8 Å². The summed E-state index contributed by atoms with van der Waals surface area (Å²) in [5.74, 6) is 5.04. The predicted molar refractivity (Wildman–Crippen MR) is 111 cm³/mol. The number of rotatable bonds is 7. The maximum Gasteiger partial charge on any atom is 0.205 e. The molecule has 2 aromatic heterocycles. The van der Waals surface area contributed by atoms with Gasteiger partial charge in [-0.25, -0.2) is 9.67 Å².